The summed E-state index contributed by atoms with van der Waals surface area (Å²) >= 11 is 3.64. The minimum Gasteiger partial charge on any atom is -0.366 e. The van der Waals surface area contributed by atoms with E-state index >= 15 is 0 Å². The lowest BCUT2D eigenvalue weighted by Crippen LogP contribution is -2.38. The van der Waals surface area contributed by atoms with Gasteiger partial charge in [0.25, 0.3) is 0 Å². The third kappa shape index (κ3) is 4.43. The van der Waals surface area contributed by atoms with Gasteiger partial charge in [-0.15, -0.1) is 0 Å². The Bertz CT molecular complexity index is 1190. The standard InChI is InChI=1S/C24H21BrN2O2S/c1-26-21-13-20-12-19(17-30(28,29)22-10-6-3-7-11-22)16-27(24(20)23(25)14-21)15-18-8-4-2-5-9-18/h2-11,13-14,19H,12,15-17H2. The highest BCUT2D eigenvalue weighted by Gasteiger charge is 2.30. The average molecular weight is 481 g/mol. The number of benzene rings is 3. The van der Waals surface area contributed by atoms with E-state index in [0.29, 0.717) is 30.1 Å². The molecule has 4 rings (SSSR count). The Hall–Kier alpha value is -2.62. The van der Waals surface area contributed by atoms with Crippen LogP contribution in [0.5, 0.6) is 0 Å². The number of rotatable bonds is 5. The quantitative estimate of drug-likeness (QED) is 0.442. The summed E-state index contributed by atoms with van der Waals surface area (Å²) in [5.74, 6) is 0.0287. The van der Waals surface area contributed by atoms with Crippen molar-refractivity contribution in [2.75, 3.05) is 17.2 Å². The molecule has 30 heavy (non-hydrogen) atoms. The summed E-state index contributed by atoms with van der Waals surface area (Å²) < 4.78 is 26.9. The second-order valence-corrected chi connectivity index (χ2v) is 10.5. The van der Waals surface area contributed by atoms with E-state index in [0.717, 1.165) is 21.3 Å². The monoisotopic (exact) mass is 480 g/mol. The highest BCUT2D eigenvalue weighted by molar-refractivity contribution is 9.10. The molecule has 0 aromatic heterocycles. The van der Waals surface area contributed by atoms with Crippen LogP contribution in [0.1, 0.15) is 11.1 Å². The van der Waals surface area contributed by atoms with Gasteiger partial charge >= 0.3 is 0 Å². The fraction of sp³-hybridized carbons (Fsp3) is 0.208. The van der Waals surface area contributed by atoms with Crippen molar-refractivity contribution in [3.05, 3.63) is 99.8 Å². The summed E-state index contributed by atoms with van der Waals surface area (Å²) in [6.45, 7) is 8.72. The van der Waals surface area contributed by atoms with E-state index in [-0.39, 0.29) is 11.7 Å². The molecule has 3 aromatic carbocycles. The molecule has 0 spiro atoms. The first-order valence-corrected chi connectivity index (χ1v) is 12.2. The molecule has 0 amide bonds. The normalized spacial score (nSPS) is 16.0. The highest BCUT2D eigenvalue weighted by atomic mass is 79.9. The summed E-state index contributed by atoms with van der Waals surface area (Å²) in [6.07, 6.45) is 0.634. The largest absolute Gasteiger partial charge is 0.366 e. The third-order valence-corrected chi connectivity index (χ3v) is 7.84. The van der Waals surface area contributed by atoms with Crippen LogP contribution in [-0.4, -0.2) is 20.7 Å². The molecule has 0 bridgehead atoms. The molecule has 1 atom stereocenters. The maximum Gasteiger partial charge on any atom is 0.188 e. The number of hydrogen-bond donors (Lipinski definition) is 0. The number of sulfone groups is 1. The Morgan fingerprint density at radius 1 is 1.03 bits per heavy atom. The van der Waals surface area contributed by atoms with Crippen LogP contribution < -0.4 is 4.90 Å². The van der Waals surface area contributed by atoms with Crippen LogP contribution in [0.4, 0.5) is 11.4 Å². The van der Waals surface area contributed by atoms with Crippen molar-refractivity contribution in [3.63, 3.8) is 0 Å². The van der Waals surface area contributed by atoms with E-state index in [1.807, 2.05) is 36.4 Å². The van der Waals surface area contributed by atoms with E-state index < -0.39 is 9.84 Å². The van der Waals surface area contributed by atoms with Gasteiger partial charge in [-0.3, -0.25) is 0 Å². The van der Waals surface area contributed by atoms with Gasteiger partial charge in [0.1, 0.15) is 0 Å². The summed E-state index contributed by atoms with van der Waals surface area (Å²) in [4.78, 5) is 6.17. The summed E-state index contributed by atoms with van der Waals surface area (Å²) in [6, 6.07) is 22.5. The zero-order valence-electron chi connectivity index (χ0n) is 16.3. The van der Waals surface area contributed by atoms with Crippen LogP contribution in [0.25, 0.3) is 4.85 Å². The van der Waals surface area contributed by atoms with Gasteiger partial charge in [-0.1, -0.05) is 54.6 Å². The van der Waals surface area contributed by atoms with Crippen molar-refractivity contribution >= 4 is 37.1 Å². The van der Waals surface area contributed by atoms with Crippen molar-refractivity contribution in [2.24, 2.45) is 5.92 Å². The number of anilines is 1. The van der Waals surface area contributed by atoms with Crippen LogP contribution >= 0.6 is 15.9 Å². The number of halogens is 1. The van der Waals surface area contributed by atoms with Crippen molar-refractivity contribution in [1.82, 2.24) is 0 Å². The zero-order chi connectivity index (χ0) is 21.1. The van der Waals surface area contributed by atoms with Crippen molar-refractivity contribution < 1.29 is 8.42 Å². The molecule has 0 fully saturated rings. The maximum absolute atomic E-state index is 13.0. The van der Waals surface area contributed by atoms with Crippen molar-refractivity contribution in [2.45, 2.75) is 17.9 Å². The van der Waals surface area contributed by atoms with Crippen molar-refractivity contribution in [1.29, 1.82) is 0 Å². The third-order valence-electron chi connectivity index (χ3n) is 5.33. The summed E-state index contributed by atoms with van der Waals surface area (Å²) in [5.41, 5.74) is 3.80. The van der Waals surface area contributed by atoms with Crippen LogP contribution in [0.2, 0.25) is 0 Å². The van der Waals surface area contributed by atoms with Gasteiger partial charge in [0.2, 0.25) is 0 Å². The molecule has 1 unspecified atom stereocenters. The molecule has 3 aromatic rings. The van der Waals surface area contributed by atoms with Crippen LogP contribution in [0.15, 0.2) is 82.2 Å². The summed E-state index contributed by atoms with van der Waals surface area (Å²) in [7, 11) is -3.38. The Kier molecular flexibility index (Phi) is 5.94. The molecule has 0 aliphatic carbocycles. The second-order valence-electron chi connectivity index (χ2n) is 7.58. The van der Waals surface area contributed by atoms with E-state index in [1.165, 1.54) is 0 Å². The van der Waals surface area contributed by atoms with Gasteiger partial charge in [-0.05, 0) is 57.6 Å². The molecule has 1 heterocycles. The topological polar surface area (TPSA) is 41.7 Å². The average Bonchev–Trinajstić information content (AvgIpc) is 2.74. The zero-order valence-corrected chi connectivity index (χ0v) is 18.7. The van der Waals surface area contributed by atoms with Gasteiger partial charge in [0.15, 0.2) is 15.5 Å². The molecule has 0 N–H and O–H groups in total. The Balaban J connectivity index is 1.68. The SMILES string of the molecule is [C-]#[N+]c1cc(Br)c2c(c1)CC(CS(=O)(=O)c1ccccc1)CN2Cc1ccccc1. The van der Waals surface area contributed by atoms with E-state index in [2.05, 4.69) is 37.8 Å². The maximum atomic E-state index is 13.0. The van der Waals surface area contributed by atoms with Gasteiger partial charge in [0.05, 0.1) is 22.9 Å². The number of nitrogens with zero attached hydrogens (tertiary/aromatic N) is 2. The van der Waals surface area contributed by atoms with E-state index in [9.17, 15) is 8.42 Å². The lowest BCUT2D eigenvalue weighted by Gasteiger charge is -2.37. The minimum absolute atomic E-state index is 0.0562. The predicted octanol–water partition coefficient (Wildman–Crippen LogP) is 5.65. The van der Waals surface area contributed by atoms with Crippen LogP contribution in [0.3, 0.4) is 0 Å². The Morgan fingerprint density at radius 3 is 2.37 bits per heavy atom. The number of fused-ring (bicyclic) bond motifs is 1. The van der Waals surface area contributed by atoms with E-state index in [4.69, 9.17) is 6.57 Å². The molecule has 152 valence electrons. The molecule has 6 heteroatoms. The fourth-order valence-corrected chi connectivity index (χ4v) is 6.43. The predicted molar refractivity (Wildman–Crippen MR) is 124 cm³/mol. The van der Waals surface area contributed by atoms with Gasteiger partial charge in [-0.2, -0.15) is 0 Å². The summed E-state index contributed by atoms with van der Waals surface area (Å²) in [5, 5.41) is 0. The van der Waals surface area contributed by atoms with Gasteiger partial charge in [-0.25, -0.2) is 13.3 Å². The number of hydrogen-bond acceptors (Lipinski definition) is 3. The van der Waals surface area contributed by atoms with Crippen LogP contribution in [-0.2, 0) is 22.8 Å². The molecular formula is C24H21BrN2O2S. The minimum atomic E-state index is -3.38. The second kappa shape index (κ2) is 8.63. The first-order valence-electron chi connectivity index (χ1n) is 9.73. The lowest BCUT2D eigenvalue weighted by atomic mass is 9.93. The van der Waals surface area contributed by atoms with Gasteiger partial charge in [0, 0.05) is 17.6 Å². The first-order chi connectivity index (χ1) is 14.5. The highest BCUT2D eigenvalue weighted by Crippen LogP contribution is 2.40. The smallest absolute Gasteiger partial charge is 0.188 e. The lowest BCUT2D eigenvalue weighted by molar-refractivity contribution is 0.515. The van der Waals surface area contributed by atoms with Crippen LogP contribution in [0, 0.1) is 12.5 Å². The fourth-order valence-electron chi connectivity index (χ4n) is 4.09. The Morgan fingerprint density at radius 2 is 1.70 bits per heavy atom. The molecule has 1 aliphatic heterocycles. The first kappa shape index (κ1) is 20.6. The molecule has 4 nitrogen and oxygen atoms in total. The van der Waals surface area contributed by atoms with E-state index in [1.54, 1.807) is 24.3 Å². The molecule has 0 saturated carbocycles. The van der Waals surface area contributed by atoms with Gasteiger partial charge < -0.3 is 4.90 Å². The molecular weight excluding hydrogens is 460 g/mol. The Labute approximate surface area is 186 Å². The van der Waals surface area contributed by atoms with Crippen molar-refractivity contribution in [3.8, 4) is 0 Å². The molecule has 0 saturated heterocycles. The molecule has 0 radical (unpaired) electrons. The molecule has 1 aliphatic rings.